The SMILES string of the molecule is COc1ccc(N=Nc2c(N)nn3c(N)c(C#N)c(-c4ccc(C)cc4)nc23)cc1. The molecule has 0 bridgehead atoms. The van der Waals surface area contributed by atoms with Crippen LogP contribution in [0, 0.1) is 18.3 Å². The van der Waals surface area contributed by atoms with Crippen molar-refractivity contribution in [2.75, 3.05) is 18.6 Å². The minimum absolute atomic E-state index is 0.108. The second-order valence-corrected chi connectivity index (χ2v) is 6.57. The molecule has 0 radical (unpaired) electrons. The average molecular weight is 398 g/mol. The van der Waals surface area contributed by atoms with Crippen LogP contribution in [0.4, 0.5) is 23.0 Å². The molecule has 2 heterocycles. The molecular weight excluding hydrogens is 380 g/mol. The van der Waals surface area contributed by atoms with Crippen LogP contribution in [0.25, 0.3) is 16.9 Å². The molecule has 0 saturated heterocycles. The van der Waals surface area contributed by atoms with Crippen molar-refractivity contribution in [1.29, 1.82) is 5.26 Å². The summed E-state index contributed by atoms with van der Waals surface area (Å²) < 4.78 is 6.45. The highest BCUT2D eigenvalue weighted by Gasteiger charge is 2.20. The van der Waals surface area contributed by atoms with Crippen LogP contribution in [0.3, 0.4) is 0 Å². The smallest absolute Gasteiger partial charge is 0.188 e. The molecule has 4 rings (SSSR count). The van der Waals surface area contributed by atoms with E-state index in [2.05, 4.69) is 26.4 Å². The number of hydrogen-bond donors (Lipinski definition) is 2. The molecule has 148 valence electrons. The van der Waals surface area contributed by atoms with Crippen molar-refractivity contribution >= 4 is 28.7 Å². The number of anilines is 2. The third-order valence-corrected chi connectivity index (χ3v) is 4.58. The Morgan fingerprint density at radius 3 is 2.37 bits per heavy atom. The Hall–Kier alpha value is -4.45. The Bertz CT molecular complexity index is 1300. The molecule has 9 nitrogen and oxygen atoms in total. The van der Waals surface area contributed by atoms with Gasteiger partial charge in [-0.05, 0) is 31.2 Å². The van der Waals surface area contributed by atoms with Crippen LogP contribution in [0.1, 0.15) is 11.1 Å². The summed E-state index contributed by atoms with van der Waals surface area (Å²) in [5, 5.41) is 22.3. The van der Waals surface area contributed by atoms with Gasteiger partial charge in [-0.15, -0.1) is 10.2 Å². The number of methoxy groups -OCH3 is 1. The second kappa shape index (κ2) is 7.52. The molecule has 0 saturated carbocycles. The van der Waals surface area contributed by atoms with Crippen molar-refractivity contribution in [3.8, 4) is 23.1 Å². The minimum Gasteiger partial charge on any atom is -0.497 e. The molecule has 2 aromatic heterocycles. The van der Waals surface area contributed by atoms with Gasteiger partial charge >= 0.3 is 0 Å². The predicted octanol–water partition coefficient (Wildman–Crippen LogP) is 4.16. The van der Waals surface area contributed by atoms with E-state index in [1.807, 2.05) is 31.2 Å². The van der Waals surface area contributed by atoms with Crippen LogP contribution in [-0.4, -0.2) is 21.7 Å². The van der Waals surface area contributed by atoms with Crippen LogP contribution in [0.15, 0.2) is 58.8 Å². The van der Waals surface area contributed by atoms with E-state index in [1.54, 1.807) is 31.4 Å². The first kappa shape index (κ1) is 18.9. The summed E-state index contributed by atoms with van der Waals surface area (Å²) in [6, 6.07) is 16.8. The van der Waals surface area contributed by atoms with Gasteiger partial charge in [0.2, 0.25) is 0 Å². The summed E-state index contributed by atoms with van der Waals surface area (Å²) in [5.74, 6) is 0.956. The largest absolute Gasteiger partial charge is 0.497 e. The number of nitrogens with two attached hydrogens (primary N) is 2. The van der Waals surface area contributed by atoms with E-state index in [0.717, 1.165) is 11.1 Å². The molecule has 0 aliphatic rings. The third-order valence-electron chi connectivity index (χ3n) is 4.58. The van der Waals surface area contributed by atoms with E-state index in [0.29, 0.717) is 22.8 Å². The van der Waals surface area contributed by atoms with E-state index in [4.69, 9.17) is 16.2 Å². The zero-order valence-corrected chi connectivity index (χ0v) is 16.4. The van der Waals surface area contributed by atoms with Crippen LogP contribution in [0.5, 0.6) is 5.75 Å². The fourth-order valence-electron chi connectivity index (χ4n) is 2.96. The van der Waals surface area contributed by atoms with Gasteiger partial charge in [0, 0.05) is 5.56 Å². The molecule has 0 amide bonds. The number of aromatic nitrogens is 3. The summed E-state index contributed by atoms with van der Waals surface area (Å²) in [6.07, 6.45) is 0. The number of ether oxygens (including phenoxy) is 1. The van der Waals surface area contributed by atoms with Crippen LogP contribution >= 0.6 is 0 Å². The van der Waals surface area contributed by atoms with Gasteiger partial charge in [0.15, 0.2) is 17.2 Å². The Labute approximate surface area is 172 Å². The summed E-state index contributed by atoms with van der Waals surface area (Å²) in [5.41, 5.74) is 16.0. The second-order valence-electron chi connectivity index (χ2n) is 6.57. The first-order valence-electron chi connectivity index (χ1n) is 9.02. The van der Waals surface area contributed by atoms with Gasteiger partial charge in [-0.3, -0.25) is 0 Å². The molecule has 30 heavy (non-hydrogen) atoms. The van der Waals surface area contributed by atoms with Crippen molar-refractivity contribution in [2.24, 2.45) is 10.2 Å². The highest BCUT2D eigenvalue weighted by atomic mass is 16.5. The van der Waals surface area contributed by atoms with Crippen molar-refractivity contribution in [2.45, 2.75) is 6.92 Å². The fourth-order valence-corrected chi connectivity index (χ4v) is 2.96. The molecule has 0 fully saturated rings. The normalized spacial score (nSPS) is 11.1. The molecule has 0 aliphatic heterocycles. The number of hydrogen-bond acceptors (Lipinski definition) is 8. The lowest BCUT2D eigenvalue weighted by Gasteiger charge is -2.08. The maximum absolute atomic E-state index is 9.65. The van der Waals surface area contributed by atoms with Crippen LogP contribution in [-0.2, 0) is 0 Å². The van der Waals surface area contributed by atoms with E-state index < -0.39 is 0 Å². The number of nitriles is 1. The van der Waals surface area contributed by atoms with Gasteiger partial charge < -0.3 is 16.2 Å². The maximum atomic E-state index is 9.65. The monoisotopic (exact) mass is 398 g/mol. The van der Waals surface area contributed by atoms with Crippen molar-refractivity contribution < 1.29 is 4.74 Å². The maximum Gasteiger partial charge on any atom is 0.188 e. The third kappa shape index (κ3) is 3.27. The number of benzene rings is 2. The zero-order chi connectivity index (χ0) is 21.3. The molecule has 2 aromatic carbocycles. The average Bonchev–Trinajstić information content (AvgIpc) is 3.08. The quantitative estimate of drug-likeness (QED) is 0.495. The van der Waals surface area contributed by atoms with Gasteiger partial charge in [-0.1, -0.05) is 29.8 Å². The molecule has 0 atom stereocenters. The lowest BCUT2D eigenvalue weighted by molar-refractivity contribution is 0.415. The number of nitrogen functional groups attached to an aromatic ring is 2. The van der Waals surface area contributed by atoms with Crippen LogP contribution in [0.2, 0.25) is 0 Å². The van der Waals surface area contributed by atoms with Crippen LogP contribution < -0.4 is 16.2 Å². The molecule has 4 aromatic rings. The fraction of sp³-hybridized carbons (Fsp3) is 0.0952. The number of azo groups is 1. The van der Waals surface area contributed by atoms with Crippen molar-refractivity contribution in [3.05, 3.63) is 59.7 Å². The molecule has 0 spiro atoms. The Kier molecular flexibility index (Phi) is 4.74. The zero-order valence-electron chi connectivity index (χ0n) is 16.4. The van der Waals surface area contributed by atoms with Gasteiger partial charge in [0.05, 0.1) is 18.5 Å². The number of nitrogens with zero attached hydrogens (tertiary/aromatic N) is 6. The van der Waals surface area contributed by atoms with E-state index in [1.165, 1.54) is 4.52 Å². The summed E-state index contributed by atoms with van der Waals surface area (Å²) >= 11 is 0. The van der Waals surface area contributed by atoms with Crippen molar-refractivity contribution in [3.63, 3.8) is 0 Å². The lowest BCUT2D eigenvalue weighted by atomic mass is 10.1. The topological polar surface area (TPSA) is 140 Å². The molecular formula is C21H18N8O. The Morgan fingerprint density at radius 1 is 1.03 bits per heavy atom. The number of fused-ring (bicyclic) bond motifs is 1. The summed E-state index contributed by atoms with van der Waals surface area (Å²) in [4.78, 5) is 4.61. The standard InChI is InChI=1S/C21H18N8O/c1-12-3-5-13(6-4-12)17-16(11-22)20(24)29-21(25-17)18(19(23)28-29)27-26-14-7-9-15(30-2)10-8-14/h3-10H,24H2,1-2H3,(H2,23,28). The minimum atomic E-state index is 0.108. The first-order chi connectivity index (χ1) is 14.5. The number of aryl methyl sites for hydroxylation is 1. The lowest BCUT2D eigenvalue weighted by Crippen LogP contribution is -2.06. The molecule has 4 N–H and O–H groups in total. The van der Waals surface area contributed by atoms with Gasteiger partial charge in [-0.2, -0.15) is 14.9 Å². The van der Waals surface area contributed by atoms with Crippen molar-refractivity contribution in [1.82, 2.24) is 14.6 Å². The highest BCUT2D eigenvalue weighted by Crippen LogP contribution is 2.34. The van der Waals surface area contributed by atoms with E-state index in [9.17, 15) is 5.26 Å². The summed E-state index contributed by atoms with van der Waals surface area (Å²) in [7, 11) is 1.59. The van der Waals surface area contributed by atoms with Gasteiger partial charge in [0.1, 0.15) is 23.2 Å². The van der Waals surface area contributed by atoms with E-state index >= 15 is 0 Å². The number of rotatable bonds is 4. The Morgan fingerprint density at radius 2 is 1.73 bits per heavy atom. The summed E-state index contributed by atoms with van der Waals surface area (Å²) in [6.45, 7) is 1.98. The van der Waals surface area contributed by atoms with Gasteiger partial charge in [0.25, 0.3) is 0 Å². The molecule has 0 aliphatic carbocycles. The Balaban J connectivity index is 1.86. The van der Waals surface area contributed by atoms with E-state index in [-0.39, 0.29) is 22.9 Å². The first-order valence-corrected chi connectivity index (χ1v) is 9.02. The predicted molar refractivity (Wildman–Crippen MR) is 114 cm³/mol. The highest BCUT2D eigenvalue weighted by molar-refractivity contribution is 5.82. The molecule has 9 heteroatoms. The molecule has 0 unspecified atom stereocenters. The van der Waals surface area contributed by atoms with Gasteiger partial charge in [-0.25, -0.2) is 4.98 Å².